The fraction of sp³-hybridized carbons (Fsp3) is 0.591. The summed E-state index contributed by atoms with van der Waals surface area (Å²) in [7, 11) is 0. The molecule has 4 rings (SSSR count). The van der Waals surface area contributed by atoms with Crippen molar-refractivity contribution in [2.75, 3.05) is 13.1 Å². The Bertz CT molecular complexity index is 794. The monoisotopic (exact) mass is 398 g/mol. The Kier molecular flexibility index (Phi) is 6.04. The molecule has 1 atom stereocenters. The maximum Gasteiger partial charge on any atom is 0.235 e. The van der Waals surface area contributed by atoms with Gasteiger partial charge in [0.15, 0.2) is 5.16 Å². The van der Waals surface area contributed by atoms with E-state index in [1.165, 1.54) is 18.4 Å². The van der Waals surface area contributed by atoms with Crippen molar-refractivity contribution >= 4 is 17.7 Å². The fourth-order valence-corrected chi connectivity index (χ4v) is 5.10. The molecule has 150 valence electrons. The molecule has 1 aromatic carbocycles. The third-order valence-electron chi connectivity index (χ3n) is 5.93. The quantitative estimate of drug-likeness (QED) is 0.658. The molecule has 0 radical (unpaired) electrons. The minimum absolute atomic E-state index is 0.118. The molecule has 2 heterocycles. The number of amides is 1. The number of carbonyl (C=O) groups is 1. The summed E-state index contributed by atoms with van der Waals surface area (Å²) in [5.41, 5.74) is 1.40. The first-order chi connectivity index (χ1) is 13.7. The van der Waals surface area contributed by atoms with Gasteiger partial charge in [0, 0.05) is 25.6 Å². The highest BCUT2D eigenvalue weighted by molar-refractivity contribution is 8.00. The van der Waals surface area contributed by atoms with Gasteiger partial charge in [-0.1, -0.05) is 42.1 Å². The molecule has 2 aromatic rings. The zero-order chi connectivity index (χ0) is 19.5. The van der Waals surface area contributed by atoms with Gasteiger partial charge < -0.3 is 9.47 Å². The summed E-state index contributed by atoms with van der Waals surface area (Å²) in [6.07, 6.45) is 5.74. The Morgan fingerprint density at radius 2 is 1.86 bits per heavy atom. The number of hydrogen-bond acceptors (Lipinski definition) is 4. The molecule has 0 N–H and O–H groups in total. The summed E-state index contributed by atoms with van der Waals surface area (Å²) >= 11 is 1.56. The van der Waals surface area contributed by atoms with Crippen LogP contribution in [0.4, 0.5) is 0 Å². The highest BCUT2D eigenvalue weighted by Crippen LogP contribution is 2.40. The third kappa shape index (κ3) is 4.43. The normalized spacial score (nSPS) is 19.0. The van der Waals surface area contributed by atoms with Gasteiger partial charge in [0.25, 0.3) is 0 Å². The van der Waals surface area contributed by atoms with Crippen LogP contribution in [-0.2, 0) is 17.8 Å². The van der Waals surface area contributed by atoms with Gasteiger partial charge in [0.05, 0.1) is 5.25 Å². The van der Waals surface area contributed by atoms with Crippen LogP contribution >= 0.6 is 11.8 Å². The topological polar surface area (TPSA) is 51.0 Å². The first-order valence-electron chi connectivity index (χ1n) is 10.6. The van der Waals surface area contributed by atoms with Crippen LogP contribution in [0.1, 0.15) is 56.8 Å². The van der Waals surface area contributed by atoms with E-state index in [0.717, 1.165) is 49.9 Å². The molecule has 2 aliphatic rings. The summed E-state index contributed by atoms with van der Waals surface area (Å²) < 4.78 is 2.19. The molecule has 1 saturated carbocycles. The number of rotatable bonds is 7. The van der Waals surface area contributed by atoms with Crippen molar-refractivity contribution in [1.82, 2.24) is 19.7 Å². The molecule has 1 amide bonds. The van der Waals surface area contributed by atoms with Crippen LogP contribution in [0.2, 0.25) is 0 Å². The molecule has 5 nitrogen and oxygen atoms in total. The van der Waals surface area contributed by atoms with Gasteiger partial charge in [-0.2, -0.15) is 0 Å². The van der Waals surface area contributed by atoms with E-state index in [9.17, 15) is 4.79 Å². The van der Waals surface area contributed by atoms with Gasteiger partial charge in [0.2, 0.25) is 5.91 Å². The smallest absolute Gasteiger partial charge is 0.235 e. The predicted octanol–water partition coefficient (Wildman–Crippen LogP) is 4.14. The Morgan fingerprint density at radius 3 is 2.50 bits per heavy atom. The number of carbonyl (C=O) groups excluding carboxylic acids is 1. The lowest BCUT2D eigenvalue weighted by Crippen LogP contribution is -2.42. The average Bonchev–Trinajstić information content (AvgIpc) is 3.49. The molecule has 0 bridgehead atoms. The largest absolute Gasteiger partial charge is 0.342 e. The standard InChI is InChI=1S/C22H30N4OS/c1-3-26-20(19-9-10-19)23-24-22(26)28-16(2)21(27)25-13-11-18(12-14-25)15-17-7-5-4-6-8-17/h4-8,16,18-19H,3,9-15H2,1-2H3. The second kappa shape index (κ2) is 8.68. The van der Waals surface area contributed by atoms with Crippen LogP contribution in [0, 0.1) is 5.92 Å². The molecule has 6 heteroatoms. The molecule has 28 heavy (non-hydrogen) atoms. The first-order valence-corrected chi connectivity index (χ1v) is 11.5. The van der Waals surface area contributed by atoms with E-state index < -0.39 is 0 Å². The highest BCUT2D eigenvalue weighted by Gasteiger charge is 2.32. The van der Waals surface area contributed by atoms with Crippen molar-refractivity contribution in [2.45, 2.75) is 68.8 Å². The lowest BCUT2D eigenvalue weighted by atomic mass is 9.90. The van der Waals surface area contributed by atoms with E-state index >= 15 is 0 Å². The number of piperidine rings is 1. The summed E-state index contributed by atoms with van der Waals surface area (Å²) in [6, 6.07) is 10.7. The maximum absolute atomic E-state index is 13.0. The zero-order valence-corrected chi connectivity index (χ0v) is 17.7. The van der Waals surface area contributed by atoms with Gasteiger partial charge >= 0.3 is 0 Å². The molecule has 1 aromatic heterocycles. The van der Waals surface area contributed by atoms with Crippen molar-refractivity contribution in [3.63, 3.8) is 0 Å². The average molecular weight is 399 g/mol. The van der Waals surface area contributed by atoms with Crippen molar-refractivity contribution in [2.24, 2.45) is 5.92 Å². The molecule has 1 aliphatic heterocycles. The van der Waals surface area contributed by atoms with E-state index in [1.807, 2.05) is 11.8 Å². The molecule has 1 saturated heterocycles. The number of thioether (sulfide) groups is 1. The van der Waals surface area contributed by atoms with Crippen LogP contribution in [-0.4, -0.2) is 43.9 Å². The van der Waals surface area contributed by atoms with Gasteiger partial charge in [0.1, 0.15) is 5.82 Å². The molecule has 1 unspecified atom stereocenters. The molecule has 0 spiro atoms. The minimum atomic E-state index is -0.118. The number of nitrogens with zero attached hydrogens (tertiary/aromatic N) is 4. The van der Waals surface area contributed by atoms with E-state index in [0.29, 0.717) is 11.8 Å². The van der Waals surface area contributed by atoms with Crippen molar-refractivity contribution in [3.8, 4) is 0 Å². The van der Waals surface area contributed by atoms with E-state index in [1.54, 1.807) is 11.8 Å². The highest BCUT2D eigenvalue weighted by atomic mass is 32.2. The maximum atomic E-state index is 13.0. The van der Waals surface area contributed by atoms with Gasteiger partial charge in [-0.25, -0.2) is 0 Å². The second-order valence-electron chi connectivity index (χ2n) is 8.08. The van der Waals surface area contributed by atoms with Crippen LogP contribution < -0.4 is 0 Å². The fourth-order valence-electron chi connectivity index (χ4n) is 4.10. The predicted molar refractivity (Wildman–Crippen MR) is 112 cm³/mol. The summed E-state index contributed by atoms with van der Waals surface area (Å²) in [5.74, 6) is 2.60. The number of aromatic nitrogens is 3. The van der Waals surface area contributed by atoms with Gasteiger partial charge in [-0.3, -0.25) is 4.79 Å². The van der Waals surface area contributed by atoms with Crippen molar-refractivity contribution in [3.05, 3.63) is 41.7 Å². The van der Waals surface area contributed by atoms with Crippen LogP contribution in [0.25, 0.3) is 0 Å². The lowest BCUT2D eigenvalue weighted by Gasteiger charge is -2.33. The SMILES string of the molecule is CCn1c(SC(C)C(=O)N2CCC(Cc3ccccc3)CC2)nnc1C1CC1. The summed E-state index contributed by atoms with van der Waals surface area (Å²) in [6.45, 7) is 6.74. The second-order valence-corrected chi connectivity index (χ2v) is 9.39. The molecular weight excluding hydrogens is 368 g/mol. The Labute approximate surface area is 171 Å². The van der Waals surface area contributed by atoms with Crippen LogP contribution in [0.3, 0.4) is 0 Å². The summed E-state index contributed by atoms with van der Waals surface area (Å²) in [5, 5.41) is 9.55. The van der Waals surface area contributed by atoms with E-state index in [-0.39, 0.29) is 11.2 Å². The molecule has 1 aliphatic carbocycles. The number of hydrogen-bond donors (Lipinski definition) is 0. The molecular formula is C22H30N4OS. The Balaban J connectivity index is 1.30. The Morgan fingerprint density at radius 1 is 1.14 bits per heavy atom. The minimum Gasteiger partial charge on any atom is -0.342 e. The number of likely N-dealkylation sites (tertiary alicyclic amines) is 1. The first kappa shape index (κ1) is 19.5. The van der Waals surface area contributed by atoms with Gasteiger partial charge in [-0.05, 0) is 57.4 Å². The molecule has 2 fully saturated rings. The van der Waals surface area contributed by atoms with Crippen LogP contribution in [0.5, 0.6) is 0 Å². The zero-order valence-electron chi connectivity index (χ0n) is 16.9. The van der Waals surface area contributed by atoms with E-state index in [2.05, 4.69) is 52.0 Å². The van der Waals surface area contributed by atoms with Crippen molar-refractivity contribution in [1.29, 1.82) is 0 Å². The van der Waals surface area contributed by atoms with Crippen molar-refractivity contribution < 1.29 is 4.79 Å². The number of benzene rings is 1. The van der Waals surface area contributed by atoms with Crippen LogP contribution in [0.15, 0.2) is 35.5 Å². The van der Waals surface area contributed by atoms with E-state index in [4.69, 9.17) is 0 Å². The summed E-state index contributed by atoms with van der Waals surface area (Å²) in [4.78, 5) is 15.0. The third-order valence-corrected chi connectivity index (χ3v) is 7.00. The van der Waals surface area contributed by atoms with Gasteiger partial charge in [-0.15, -0.1) is 10.2 Å². The Hall–Kier alpha value is -1.82. The lowest BCUT2D eigenvalue weighted by molar-refractivity contribution is -0.131.